The standard InChI is InChI=1S/C15H22N4O3/c1-18(2)15(22)17-9-12-8-11(5-6-16-12)14(21)19-7-3-4-13(20)10-19/h5-6,8,13,20H,3-4,7,9-10H2,1-2H3,(H,17,22). The molecule has 1 atom stereocenters. The van der Waals surface area contributed by atoms with E-state index in [2.05, 4.69) is 10.3 Å². The molecule has 0 bridgehead atoms. The number of nitrogens with one attached hydrogen (secondary N) is 1. The first-order valence-electron chi connectivity index (χ1n) is 7.35. The molecule has 1 aliphatic heterocycles. The number of aromatic nitrogens is 1. The summed E-state index contributed by atoms with van der Waals surface area (Å²) >= 11 is 0. The first kappa shape index (κ1) is 16.2. The number of likely N-dealkylation sites (tertiary alicyclic amines) is 1. The van der Waals surface area contributed by atoms with Gasteiger partial charge < -0.3 is 20.2 Å². The van der Waals surface area contributed by atoms with Gasteiger partial charge in [-0.3, -0.25) is 9.78 Å². The van der Waals surface area contributed by atoms with Gasteiger partial charge in [0.05, 0.1) is 18.3 Å². The predicted octanol–water partition coefficient (Wildman–Crippen LogP) is 0.450. The van der Waals surface area contributed by atoms with E-state index >= 15 is 0 Å². The second-order valence-electron chi connectivity index (χ2n) is 5.64. The van der Waals surface area contributed by atoms with Gasteiger partial charge in [0, 0.05) is 38.9 Å². The van der Waals surface area contributed by atoms with Gasteiger partial charge >= 0.3 is 6.03 Å². The Kier molecular flexibility index (Phi) is 5.32. The van der Waals surface area contributed by atoms with Crippen molar-refractivity contribution in [2.24, 2.45) is 0 Å². The van der Waals surface area contributed by atoms with Crippen molar-refractivity contribution in [2.45, 2.75) is 25.5 Å². The number of carbonyl (C=O) groups excluding carboxylic acids is 2. The van der Waals surface area contributed by atoms with Crippen molar-refractivity contribution in [3.63, 3.8) is 0 Å². The minimum atomic E-state index is -0.446. The summed E-state index contributed by atoms with van der Waals surface area (Å²) in [6.45, 7) is 1.29. The Morgan fingerprint density at radius 3 is 2.95 bits per heavy atom. The summed E-state index contributed by atoms with van der Waals surface area (Å²) in [4.78, 5) is 31.2. The van der Waals surface area contributed by atoms with E-state index < -0.39 is 6.10 Å². The zero-order valence-electron chi connectivity index (χ0n) is 13.0. The number of carbonyl (C=O) groups is 2. The molecule has 1 unspecified atom stereocenters. The zero-order valence-corrected chi connectivity index (χ0v) is 13.0. The van der Waals surface area contributed by atoms with E-state index in [1.165, 1.54) is 4.90 Å². The first-order chi connectivity index (χ1) is 10.5. The van der Waals surface area contributed by atoms with E-state index in [0.29, 0.717) is 24.3 Å². The van der Waals surface area contributed by atoms with Crippen LogP contribution < -0.4 is 5.32 Å². The fourth-order valence-electron chi connectivity index (χ4n) is 2.35. The Morgan fingerprint density at radius 2 is 2.27 bits per heavy atom. The monoisotopic (exact) mass is 306 g/mol. The number of β-amino-alcohol motifs (C(OH)–C–C–N with tert-alkyl or cyclic N) is 1. The molecular formula is C15H22N4O3. The third-order valence-electron chi connectivity index (χ3n) is 3.57. The van der Waals surface area contributed by atoms with Gasteiger partial charge in [0.2, 0.25) is 0 Å². The van der Waals surface area contributed by atoms with Gasteiger partial charge in [0.25, 0.3) is 5.91 Å². The van der Waals surface area contributed by atoms with Crippen molar-refractivity contribution in [2.75, 3.05) is 27.2 Å². The summed E-state index contributed by atoms with van der Waals surface area (Å²) in [5, 5.41) is 12.4. The molecule has 1 fully saturated rings. The molecule has 1 saturated heterocycles. The van der Waals surface area contributed by atoms with Crippen molar-refractivity contribution in [3.05, 3.63) is 29.6 Å². The highest BCUT2D eigenvalue weighted by atomic mass is 16.3. The number of aliphatic hydroxyl groups excluding tert-OH is 1. The molecule has 120 valence electrons. The molecule has 0 saturated carbocycles. The summed E-state index contributed by atoms with van der Waals surface area (Å²) < 4.78 is 0. The summed E-state index contributed by atoms with van der Waals surface area (Å²) in [5.41, 5.74) is 1.15. The fourth-order valence-corrected chi connectivity index (χ4v) is 2.35. The lowest BCUT2D eigenvalue weighted by atomic mass is 10.1. The molecule has 7 heteroatoms. The highest BCUT2D eigenvalue weighted by molar-refractivity contribution is 5.94. The number of amides is 3. The van der Waals surface area contributed by atoms with Crippen LogP contribution in [0.3, 0.4) is 0 Å². The Bertz CT molecular complexity index is 547. The SMILES string of the molecule is CN(C)C(=O)NCc1cc(C(=O)N2CCCC(O)C2)ccn1. The predicted molar refractivity (Wildman–Crippen MR) is 81.3 cm³/mol. The third-order valence-corrected chi connectivity index (χ3v) is 3.57. The maximum atomic E-state index is 12.4. The number of aliphatic hydroxyl groups is 1. The molecule has 1 aromatic heterocycles. The highest BCUT2D eigenvalue weighted by Crippen LogP contribution is 2.14. The van der Waals surface area contributed by atoms with Crippen molar-refractivity contribution in [1.82, 2.24) is 20.1 Å². The molecule has 3 amide bonds. The van der Waals surface area contributed by atoms with Crippen LogP contribution in [0.15, 0.2) is 18.3 Å². The van der Waals surface area contributed by atoms with Gasteiger partial charge in [-0.2, -0.15) is 0 Å². The van der Waals surface area contributed by atoms with Crippen LogP contribution in [0, 0.1) is 0 Å². The van der Waals surface area contributed by atoms with Crippen LogP contribution in [-0.2, 0) is 6.54 Å². The Labute approximate surface area is 129 Å². The minimum Gasteiger partial charge on any atom is -0.391 e. The second-order valence-corrected chi connectivity index (χ2v) is 5.64. The van der Waals surface area contributed by atoms with Crippen LogP contribution in [0.2, 0.25) is 0 Å². The lowest BCUT2D eigenvalue weighted by Gasteiger charge is -2.30. The molecule has 1 aliphatic rings. The van der Waals surface area contributed by atoms with Crippen LogP contribution in [0.25, 0.3) is 0 Å². The summed E-state index contributed by atoms with van der Waals surface area (Å²) in [7, 11) is 3.31. The van der Waals surface area contributed by atoms with E-state index in [9.17, 15) is 14.7 Å². The number of piperidine rings is 1. The van der Waals surface area contributed by atoms with E-state index in [-0.39, 0.29) is 18.5 Å². The normalized spacial score (nSPS) is 18.0. The molecule has 0 spiro atoms. The average molecular weight is 306 g/mol. The van der Waals surface area contributed by atoms with E-state index in [1.807, 2.05) is 0 Å². The largest absolute Gasteiger partial charge is 0.391 e. The number of rotatable bonds is 3. The van der Waals surface area contributed by atoms with Crippen molar-refractivity contribution in [3.8, 4) is 0 Å². The van der Waals surface area contributed by atoms with Gasteiger partial charge in [0.15, 0.2) is 0 Å². The molecule has 2 heterocycles. The third kappa shape index (κ3) is 4.17. The van der Waals surface area contributed by atoms with Gasteiger partial charge in [0.1, 0.15) is 0 Å². The van der Waals surface area contributed by atoms with E-state index in [0.717, 1.165) is 12.8 Å². The van der Waals surface area contributed by atoms with Gasteiger partial charge in [-0.05, 0) is 25.0 Å². The topological polar surface area (TPSA) is 85.8 Å². The van der Waals surface area contributed by atoms with Crippen molar-refractivity contribution >= 4 is 11.9 Å². The Morgan fingerprint density at radius 1 is 1.50 bits per heavy atom. The molecule has 7 nitrogen and oxygen atoms in total. The molecule has 1 aromatic rings. The molecule has 0 aromatic carbocycles. The average Bonchev–Trinajstić information content (AvgIpc) is 2.52. The number of hydrogen-bond acceptors (Lipinski definition) is 4. The quantitative estimate of drug-likeness (QED) is 0.849. The van der Waals surface area contributed by atoms with Gasteiger partial charge in [-0.1, -0.05) is 0 Å². The Balaban J connectivity index is 2.01. The highest BCUT2D eigenvalue weighted by Gasteiger charge is 2.23. The van der Waals surface area contributed by atoms with Crippen LogP contribution in [-0.4, -0.2) is 65.1 Å². The molecule has 2 rings (SSSR count). The maximum absolute atomic E-state index is 12.4. The lowest BCUT2D eigenvalue weighted by molar-refractivity contribution is 0.0473. The van der Waals surface area contributed by atoms with E-state index in [4.69, 9.17) is 0 Å². The first-order valence-corrected chi connectivity index (χ1v) is 7.35. The van der Waals surface area contributed by atoms with Crippen LogP contribution in [0.4, 0.5) is 4.79 Å². The number of pyridine rings is 1. The lowest BCUT2D eigenvalue weighted by Crippen LogP contribution is -2.42. The van der Waals surface area contributed by atoms with Gasteiger partial charge in [-0.15, -0.1) is 0 Å². The molecule has 2 N–H and O–H groups in total. The molecule has 0 aliphatic carbocycles. The summed E-state index contributed by atoms with van der Waals surface area (Å²) in [6.07, 6.45) is 2.66. The fraction of sp³-hybridized carbons (Fsp3) is 0.533. The zero-order chi connectivity index (χ0) is 16.1. The molecule has 22 heavy (non-hydrogen) atoms. The van der Waals surface area contributed by atoms with Crippen LogP contribution in [0.1, 0.15) is 28.9 Å². The minimum absolute atomic E-state index is 0.110. The number of urea groups is 1. The molecule has 0 radical (unpaired) electrons. The van der Waals surface area contributed by atoms with Crippen LogP contribution in [0.5, 0.6) is 0 Å². The Hall–Kier alpha value is -2.15. The number of nitrogens with zero attached hydrogens (tertiary/aromatic N) is 3. The van der Waals surface area contributed by atoms with Crippen LogP contribution >= 0.6 is 0 Å². The summed E-state index contributed by atoms with van der Waals surface area (Å²) in [6, 6.07) is 3.12. The maximum Gasteiger partial charge on any atom is 0.317 e. The van der Waals surface area contributed by atoms with Crippen molar-refractivity contribution in [1.29, 1.82) is 0 Å². The number of hydrogen-bond donors (Lipinski definition) is 2. The van der Waals surface area contributed by atoms with Gasteiger partial charge in [-0.25, -0.2) is 4.79 Å². The van der Waals surface area contributed by atoms with Crippen molar-refractivity contribution < 1.29 is 14.7 Å². The second kappa shape index (κ2) is 7.22. The smallest absolute Gasteiger partial charge is 0.317 e. The summed E-state index contributed by atoms with van der Waals surface area (Å²) in [5.74, 6) is -0.110. The molecular weight excluding hydrogens is 284 g/mol. The van der Waals surface area contributed by atoms with E-state index in [1.54, 1.807) is 37.3 Å².